The van der Waals surface area contributed by atoms with E-state index in [1.807, 2.05) is 0 Å². The summed E-state index contributed by atoms with van der Waals surface area (Å²) >= 11 is 11.8. The molecule has 2 rings (SSSR count). The molecule has 92 valence electrons. The molecule has 1 aliphatic rings. The minimum Gasteiger partial charge on any atom is -0.493 e. The van der Waals surface area contributed by atoms with Crippen LogP contribution < -0.4 is 9.47 Å². The molecule has 0 saturated carbocycles. The van der Waals surface area contributed by atoms with E-state index in [0.29, 0.717) is 23.9 Å². The molecule has 4 nitrogen and oxygen atoms in total. The first-order valence-electron chi connectivity index (χ1n) is 5.12. The molecule has 1 aromatic rings. The molecule has 0 radical (unpaired) electrons. The third-order valence-corrected chi connectivity index (χ3v) is 3.32. The maximum Gasteiger partial charge on any atom is 0.415 e. The summed E-state index contributed by atoms with van der Waals surface area (Å²) in [4.78, 5) is 13.3. The van der Waals surface area contributed by atoms with Crippen molar-refractivity contribution in [3.05, 3.63) is 22.2 Å². The van der Waals surface area contributed by atoms with Crippen molar-refractivity contribution < 1.29 is 14.3 Å². The van der Waals surface area contributed by atoms with Crippen LogP contribution >= 0.6 is 23.2 Å². The number of amides is 1. The maximum atomic E-state index is 11.7. The highest BCUT2D eigenvalue weighted by molar-refractivity contribution is 6.43. The van der Waals surface area contributed by atoms with E-state index in [1.54, 1.807) is 17.0 Å². The molecule has 1 saturated heterocycles. The molecule has 0 bridgehead atoms. The highest BCUT2D eigenvalue weighted by atomic mass is 35.5. The van der Waals surface area contributed by atoms with Gasteiger partial charge in [-0.05, 0) is 18.6 Å². The molecule has 6 heteroatoms. The zero-order valence-electron chi connectivity index (χ0n) is 9.20. The van der Waals surface area contributed by atoms with Crippen LogP contribution in [0.1, 0.15) is 6.42 Å². The van der Waals surface area contributed by atoms with Crippen LogP contribution in [0.4, 0.5) is 4.79 Å². The number of hydrogen-bond donors (Lipinski definition) is 0. The second kappa shape index (κ2) is 5.02. The van der Waals surface area contributed by atoms with Gasteiger partial charge in [-0.15, -0.1) is 0 Å². The first kappa shape index (κ1) is 12.3. The molecule has 1 amide bonds. The average Bonchev–Trinajstić information content (AvgIpc) is 2.23. The average molecular weight is 276 g/mol. The van der Waals surface area contributed by atoms with Gasteiger partial charge < -0.3 is 14.4 Å². The smallest absolute Gasteiger partial charge is 0.415 e. The Kier molecular flexibility index (Phi) is 3.64. The van der Waals surface area contributed by atoms with Crippen LogP contribution in [0.3, 0.4) is 0 Å². The molecule has 17 heavy (non-hydrogen) atoms. The molecule has 0 N–H and O–H groups in total. The van der Waals surface area contributed by atoms with Crippen molar-refractivity contribution in [1.82, 2.24) is 4.90 Å². The number of rotatable bonds is 2. The minimum atomic E-state index is -0.432. The van der Waals surface area contributed by atoms with Gasteiger partial charge in [0.05, 0.1) is 12.1 Å². The number of methoxy groups -OCH3 is 1. The SMILES string of the molecule is COc1ccc(Cl)c(Cl)c1OC(=O)N1CCC1. The van der Waals surface area contributed by atoms with Crippen molar-refractivity contribution in [2.75, 3.05) is 20.2 Å². The number of hydrogen-bond acceptors (Lipinski definition) is 3. The van der Waals surface area contributed by atoms with Crippen molar-refractivity contribution in [2.24, 2.45) is 0 Å². The van der Waals surface area contributed by atoms with Crippen LogP contribution in [0.5, 0.6) is 11.5 Å². The highest BCUT2D eigenvalue weighted by Crippen LogP contribution is 2.40. The molecule has 0 spiro atoms. The van der Waals surface area contributed by atoms with Gasteiger partial charge in [0.25, 0.3) is 0 Å². The van der Waals surface area contributed by atoms with Gasteiger partial charge in [-0.2, -0.15) is 0 Å². The van der Waals surface area contributed by atoms with E-state index in [9.17, 15) is 4.79 Å². The molecule has 0 unspecified atom stereocenters. The van der Waals surface area contributed by atoms with Crippen LogP contribution in [0.2, 0.25) is 10.0 Å². The monoisotopic (exact) mass is 275 g/mol. The lowest BCUT2D eigenvalue weighted by Crippen LogP contribution is -2.43. The minimum absolute atomic E-state index is 0.165. The van der Waals surface area contributed by atoms with Crippen LogP contribution in [0.25, 0.3) is 0 Å². The van der Waals surface area contributed by atoms with E-state index in [0.717, 1.165) is 6.42 Å². The van der Waals surface area contributed by atoms with Gasteiger partial charge >= 0.3 is 6.09 Å². The van der Waals surface area contributed by atoms with Crippen molar-refractivity contribution >= 4 is 29.3 Å². The maximum absolute atomic E-state index is 11.7. The van der Waals surface area contributed by atoms with Crippen LogP contribution in [-0.2, 0) is 0 Å². The van der Waals surface area contributed by atoms with Crippen molar-refractivity contribution in [2.45, 2.75) is 6.42 Å². The highest BCUT2D eigenvalue weighted by Gasteiger charge is 2.25. The second-order valence-corrected chi connectivity index (χ2v) is 4.39. The number of ether oxygens (including phenoxy) is 2. The number of carbonyl (C=O) groups excluding carboxylic acids is 1. The fourth-order valence-corrected chi connectivity index (χ4v) is 1.76. The topological polar surface area (TPSA) is 38.8 Å². The van der Waals surface area contributed by atoms with Crippen LogP contribution in [0.15, 0.2) is 12.1 Å². The van der Waals surface area contributed by atoms with Gasteiger partial charge in [0.15, 0.2) is 11.5 Å². The van der Waals surface area contributed by atoms with Crippen molar-refractivity contribution in [3.8, 4) is 11.5 Å². The lowest BCUT2D eigenvalue weighted by Gasteiger charge is -2.29. The molecule has 0 aliphatic carbocycles. The van der Waals surface area contributed by atoms with Crippen molar-refractivity contribution in [1.29, 1.82) is 0 Å². The Morgan fingerprint density at radius 1 is 1.35 bits per heavy atom. The molecule has 1 fully saturated rings. The first-order chi connectivity index (χ1) is 8.13. The summed E-state index contributed by atoms with van der Waals surface area (Å²) in [7, 11) is 1.47. The molecule has 1 aromatic carbocycles. The Hall–Kier alpha value is -1.13. The fourth-order valence-electron chi connectivity index (χ4n) is 1.42. The molecular formula is C11H11Cl2NO3. The second-order valence-electron chi connectivity index (χ2n) is 3.60. The van der Waals surface area contributed by atoms with E-state index in [4.69, 9.17) is 32.7 Å². The van der Waals surface area contributed by atoms with Gasteiger partial charge in [0.2, 0.25) is 0 Å². The summed E-state index contributed by atoms with van der Waals surface area (Å²) in [6.07, 6.45) is 0.564. The van der Waals surface area contributed by atoms with Gasteiger partial charge in [0, 0.05) is 13.1 Å². The van der Waals surface area contributed by atoms with E-state index in [2.05, 4.69) is 0 Å². The summed E-state index contributed by atoms with van der Waals surface area (Å²) in [6.45, 7) is 1.42. The van der Waals surface area contributed by atoms with Gasteiger partial charge in [-0.1, -0.05) is 23.2 Å². The summed E-state index contributed by atoms with van der Waals surface area (Å²) in [5.74, 6) is 0.548. The predicted molar refractivity (Wildman–Crippen MR) is 65.2 cm³/mol. The lowest BCUT2D eigenvalue weighted by molar-refractivity contribution is 0.123. The summed E-state index contributed by atoms with van der Waals surface area (Å²) < 4.78 is 10.3. The zero-order chi connectivity index (χ0) is 12.4. The van der Waals surface area contributed by atoms with Gasteiger partial charge in [-0.3, -0.25) is 0 Å². The molecule has 0 atom stereocenters. The number of nitrogens with zero attached hydrogens (tertiary/aromatic N) is 1. The Morgan fingerprint density at radius 3 is 2.59 bits per heavy atom. The zero-order valence-corrected chi connectivity index (χ0v) is 10.7. The first-order valence-corrected chi connectivity index (χ1v) is 5.88. The molecule has 1 aliphatic heterocycles. The van der Waals surface area contributed by atoms with Crippen molar-refractivity contribution in [3.63, 3.8) is 0 Å². The van der Waals surface area contributed by atoms with Crippen LogP contribution in [0, 0.1) is 0 Å². The third kappa shape index (κ3) is 2.42. The van der Waals surface area contributed by atoms with Gasteiger partial charge in [0.1, 0.15) is 5.02 Å². The van der Waals surface area contributed by atoms with E-state index < -0.39 is 6.09 Å². The summed E-state index contributed by atoms with van der Waals surface area (Å²) in [5, 5.41) is 0.499. The predicted octanol–water partition coefficient (Wildman–Crippen LogP) is 3.21. The van der Waals surface area contributed by atoms with Crippen LogP contribution in [-0.4, -0.2) is 31.2 Å². The Morgan fingerprint density at radius 2 is 2.06 bits per heavy atom. The standard InChI is InChI=1S/C11H11Cl2NO3/c1-16-8-4-3-7(12)9(13)10(8)17-11(15)14-5-2-6-14/h3-4H,2,5-6H2,1H3. The number of likely N-dealkylation sites (tertiary alicyclic amines) is 1. The lowest BCUT2D eigenvalue weighted by atomic mass is 10.2. The quantitative estimate of drug-likeness (QED) is 0.832. The summed E-state index contributed by atoms with van der Waals surface area (Å²) in [5.41, 5.74) is 0. The Balaban J connectivity index is 2.23. The van der Waals surface area contributed by atoms with E-state index >= 15 is 0 Å². The number of carbonyl (C=O) groups is 1. The molecular weight excluding hydrogens is 265 g/mol. The molecule has 1 heterocycles. The third-order valence-electron chi connectivity index (χ3n) is 2.54. The normalized spacial score (nSPS) is 14.2. The van der Waals surface area contributed by atoms with E-state index in [1.165, 1.54) is 7.11 Å². The fraction of sp³-hybridized carbons (Fsp3) is 0.364. The van der Waals surface area contributed by atoms with Gasteiger partial charge in [-0.25, -0.2) is 4.79 Å². The van der Waals surface area contributed by atoms with E-state index in [-0.39, 0.29) is 10.8 Å². The Labute approximate surface area is 109 Å². The largest absolute Gasteiger partial charge is 0.493 e. The number of halogens is 2. The Bertz CT molecular complexity index is 447. The molecule has 0 aromatic heterocycles. The number of benzene rings is 1. The summed E-state index contributed by atoms with van der Waals surface area (Å²) in [6, 6.07) is 3.19.